The Bertz CT molecular complexity index is 3160. The summed E-state index contributed by atoms with van der Waals surface area (Å²) in [6.45, 7) is 19.8. The first kappa shape index (κ1) is 47.7. The fourth-order valence-corrected chi connectivity index (χ4v) is 14.2. The van der Waals surface area contributed by atoms with E-state index in [-0.39, 0.29) is 10.8 Å². The molecule has 2 heteroatoms. The number of allylic oxidation sites excluding steroid dienone is 7. The van der Waals surface area contributed by atoms with Crippen LogP contribution in [0.2, 0.25) is 0 Å². The number of anilines is 6. The number of fused-ring (bicyclic) bond motifs is 6. The maximum absolute atomic E-state index is 4.86. The highest BCUT2D eigenvalue weighted by molar-refractivity contribution is 6.11. The molecule has 0 atom stereocenters. The Kier molecular flexibility index (Phi) is 12.9. The van der Waals surface area contributed by atoms with Gasteiger partial charge in [0.1, 0.15) is 0 Å². The van der Waals surface area contributed by atoms with E-state index in [1.807, 2.05) is 0 Å². The van der Waals surface area contributed by atoms with E-state index >= 15 is 0 Å². The Morgan fingerprint density at radius 1 is 0.458 bits per heavy atom. The summed E-state index contributed by atoms with van der Waals surface area (Å²) in [4.78, 5) is 4.89. The summed E-state index contributed by atoms with van der Waals surface area (Å²) in [5.41, 5.74) is 18.3. The number of hydrogen-bond acceptors (Lipinski definition) is 2. The molecule has 2 nitrogen and oxygen atoms in total. The Morgan fingerprint density at radius 2 is 0.931 bits per heavy atom. The van der Waals surface area contributed by atoms with Gasteiger partial charge in [0, 0.05) is 39.5 Å². The Hall–Kier alpha value is -6.64. The molecule has 0 saturated heterocycles. The Labute approximate surface area is 431 Å². The third kappa shape index (κ3) is 8.49. The van der Waals surface area contributed by atoms with Gasteiger partial charge in [0.2, 0.25) is 0 Å². The summed E-state index contributed by atoms with van der Waals surface area (Å²) in [5.74, 6) is 1.33. The van der Waals surface area contributed by atoms with Crippen LogP contribution in [-0.4, -0.2) is 0 Å². The lowest BCUT2D eigenvalue weighted by atomic mass is 9.48. The average molecular weight is 943 g/mol. The lowest BCUT2D eigenvalue weighted by molar-refractivity contribution is 0.112. The molecule has 4 aliphatic rings. The van der Waals surface area contributed by atoms with E-state index in [0.29, 0.717) is 11.8 Å². The van der Waals surface area contributed by atoms with Gasteiger partial charge < -0.3 is 9.80 Å². The van der Waals surface area contributed by atoms with Crippen molar-refractivity contribution in [2.45, 2.75) is 129 Å². The fourth-order valence-electron chi connectivity index (χ4n) is 14.2. The highest BCUT2D eigenvalue weighted by Crippen LogP contribution is 2.69. The molecule has 0 aliphatic heterocycles. The van der Waals surface area contributed by atoms with Crippen molar-refractivity contribution in [3.63, 3.8) is 0 Å². The predicted octanol–water partition coefficient (Wildman–Crippen LogP) is 20.7. The molecule has 4 aliphatic carbocycles. The van der Waals surface area contributed by atoms with E-state index in [1.165, 1.54) is 137 Å². The molecular weight excluding hydrogens is 869 g/mol. The van der Waals surface area contributed by atoms with Crippen molar-refractivity contribution < 1.29 is 0 Å². The summed E-state index contributed by atoms with van der Waals surface area (Å²) < 4.78 is 0. The standard InChI is InChI=1S/C70H74N2/c1-49-23-13-8-22-32-62-63-44-37-54-47-59(71(55-28-18-11-19-29-55)57-38-33-52(34-39-57)50-24-14-9-15-25-50)42-45-61(54)66(63)70(68(2,3)4,69(5,6)7)67(62)64-46-43-60(48-65(49)64)72(56-30-20-12-21-31-56)58-40-35-53(36-41-58)51-26-16-10-17-27-51/h8,11-13,18-23,28-31,33-48,50-51H,1,9-10,14-17,24-27,32H2,2-7H3/b22-8-,23-13-. The molecule has 11 rings (SSSR count). The van der Waals surface area contributed by atoms with E-state index in [0.717, 1.165) is 29.1 Å². The van der Waals surface area contributed by atoms with E-state index in [1.54, 1.807) is 0 Å². The second kappa shape index (κ2) is 19.4. The molecule has 2 fully saturated rings. The number of benzene rings is 7. The lowest BCUT2D eigenvalue weighted by Gasteiger charge is -2.55. The summed E-state index contributed by atoms with van der Waals surface area (Å²) in [5, 5.41) is 2.59. The highest BCUT2D eigenvalue weighted by Gasteiger charge is 2.60. The third-order valence-electron chi connectivity index (χ3n) is 17.1. The minimum atomic E-state index is -0.402. The average Bonchev–Trinajstić information content (AvgIpc) is 3.72. The van der Waals surface area contributed by atoms with E-state index in [2.05, 4.69) is 233 Å². The number of para-hydroxylation sites is 2. The molecular formula is C70H74N2. The molecule has 364 valence electrons. The van der Waals surface area contributed by atoms with E-state index in [4.69, 9.17) is 6.58 Å². The maximum Gasteiger partial charge on any atom is 0.0468 e. The molecule has 0 heterocycles. The molecule has 7 aromatic carbocycles. The smallest absolute Gasteiger partial charge is 0.0468 e. The van der Waals surface area contributed by atoms with Gasteiger partial charge in [0.15, 0.2) is 0 Å². The number of rotatable bonds is 8. The molecule has 7 aromatic rings. The van der Waals surface area contributed by atoms with Crippen LogP contribution in [0.5, 0.6) is 0 Å². The second-order valence-corrected chi connectivity index (χ2v) is 23.4. The Balaban J connectivity index is 1.07. The van der Waals surface area contributed by atoms with Gasteiger partial charge in [-0.3, -0.25) is 0 Å². The van der Waals surface area contributed by atoms with E-state index < -0.39 is 5.41 Å². The van der Waals surface area contributed by atoms with E-state index in [9.17, 15) is 0 Å². The summed E-state index contributed by atoms with van der Waals surface area (Å²) in [7, 11) is 0. The molecule has 0 N–H and O–H groups in total. The maximum atomic E-state index is 4.86. The zero-order valence-corrected chi connectivity index (χ0v) is 43.9. The van der Waals surface area contributed by atoms with Gasteiger partial charge in [-0.1, -0.05) is 196 Å². The molecule has 0 bridgehead atoms. The highest BCUT2D eigenvalue weighted by atomic mass is 15.1. The zero-order valence-electron chi connectivity index (χ0n) is 43.9. The first-order chi connectivity index (χ1) is 34.9. The summed E-state index contributed by atoms with van der Waals surface area (Å²) in [6, 6.07) is 60.3. The quantitative estimate of drug-likeness (QED) is 0.150. The molecule has 0 amide bonds. The first-order valence-corrected chi connectivity index (χ1v) is 27.3. The van der Waals surface area contributed by atoms with Crippen molar-refractivity contribution in [3.05, 3.63) is 222 Å². The molecule has 0 aromatic heterocycles. The van der Waals surface area contributed by atoms with Crippen molar-refractivity contribution in [1.29, 1.82) is 0 Å². The predicted molar refractivity (Wildman–Crippen MR) is 311 cm³/mol. The van der Waals surface area contributed by atoms with Crippen LogP contribution in [0.25, 0.3) is 27.5 Å². The molecule has 0 radical (unpaired) electrons. The van der Waals surface area contributed by atoms with Crippen LogP contribution in [0.1, 0.15) is 157 Å². The number of hydrogen-bond donors (Lipinski definition) is 0. The van der Waals surface area contributed by atoms with Crippen LogP contribution in [0, 0.1) is 10.8 Å². The third-order valence-corrected chi connectivity index (χ3v) is 17.1. The first-order valence-electron chi connectivity index (χ1n) is 27.3. The van der Waals surface area contributed by atoms with Gasteiger partial charge in [0.25, 0.3) is 0 Å². The van der Waals surface area contributed by atoms with Gasteiger partial charge in [0.05, 0.1) is 0 Å². The van der Waals surface area contributed by atoms with Crippen LogP contribution in [0.3, 0.4) is 0 Å². The zero-order chi connectivity index (χ0) is 49.6. The Morgan fingerprint density at radius 3 is 1.46 bits per heavy atom. The van der Waals surface area contributed by atoms with Crippen LogP contribution in [-0.2, 0) is 5.41 Å². The van der Waals surface area contributed by atoms with Crippen LogP contribution >= 0.6 is 0 Å². The van der Waals surface area contributed by atoms with Crippen molar-refractivity contribution in [2.75, 3.05) is 9.80 Å². The minimum Gasteiger partial charge on any atom is -0.310 e. The van der Waals surface area contributed by atoms with Crippen LogP contribution in [0.15, 0.2) is 189 Å². The molecule has 0 unspecified atom stereocenters. The van der Waals surface area contributed by atoms with Crippen molar-refractivity contribution >= 4 is 61.6 Å². The summed E-state index contributed by atoms with van der Waals surface area (Å²) in [6.07, 6.45) is 23.1. The molecule has 72 heavy (non-hydrogen) atoms. The van der Waals surface area contributed by atoms with Crippen molar-refractivity contribution in [3.8, 4) is 0 Å². The van der Waals surface area contributed by atoms with Gasteiger partial charge in [-0.15, -0.1) is 0 Å². The normalized spacial score (nSPS) is 18.3. The van der Waals surface area contributed by atoms with Crippen molar-refractivity contribution in [1.82, 2.24) is 0 Å². The van der Waals surface area contributed by atoms with Gasteiger partial charge in [-0.05, 0) is 188 Å². The van der Waals surface area contributed by atoms with Crippen LogP contribution in [0.4, 0.5) is 34.1 Å². The second-order valence-electron chi connectivity index (χ2n) is 23.4. The van der Waals surface area contributed by atoms with Gasteiger partial charge in [-0.2, -0.15) is 0 Å². The molecule has 2 saturated carbocycles. The number of nitrogens with zero attached hydrogens (tertiary/aromatic N) is 2. The molecule has 0 spiro atoms. The summed E-state index contributed by atoms with van der Waals surface area (Å²) >= 11 is 0. The van der Waals surface area contributed by atoms with Gasteiger partial charge >= 0.3 is 0 Å². The SMILES string of the molecule is C=C1/C=C\C=C/CC2=C(c3ccc(N(c4ccccc4)c4ccc(C5CCCCC5)cc4)cc31)C(C(C)(C)C)(C(C)(C)C)c1c2ccc2cc(N(c3ccccc3)c3ccc(C4CCCCC4)cc3)ccc12. The minimum absolute atomic E-state index is 0.197. The van der Waals surface area contributed by atoms with Crippen LogP contribution < -0.4 is 9.80 Å². The van der Waals surface area contributed by atoms with Crippen molar-refractivity contribution in [2.24, 2.45) is 10.8 Å². The lowest BCUT2D eigenvalue weighted by Crippen LogP contribution is -2.50. The monoisotopic (exact) mass is 943 g/mol. The topological polar surface area (TPSA) is 6.48 Å². The largest absolute Gasteiger partial charge is 0.310 e. The fraction of sp³-hybridized carbons (Fsp3) is 0.314. The van der Waals surface area contributed by atoms with Gasteiger partial charge in [-0.25, -0.2) is 0 Å².